The number of rotatable bonds is 6. The first-order valence-electron chi connectivity index (χ1n) is 6.13. The zero-order valence-electron chi connectivity index (χ0n) is 11.7. The van der Waals surface area contributed by atoms with Gasteiger partial charge in [0, 0.05) is 16.6 Å². The molecule has 106 valence electrons. The van der Waals surface area contributed by atoms with Crippen LogP contribution in [-0.4, -0.2) is 26.2 Å². The largest absolute Gasteiger partial charge is 0.496 e. The Balaban J connectivity index is 2.79. The Bertz CT molecular complexity index is 435. The van der Waals surface area contributed by atoms with Gasteiger partial charge in [-0.25, -0.2) is 0 Å². The van der Waals surface area contributed by atoms with E-state index in [1.165, 1.54) is 7.11 Å². The number of carbonyl (C=O) groups is 1. The molecule has 1 atom stereocenters. The van der Waals surface area contributed by atoms with Gasteiger partial charge >= 0.3 is 5.97 Å². The summed E-state index contributed by atoms with van der Waals surface area (Å²) in [6, 6.07) is 5.46. The predicted octanol–water partition coefficient (Wildman–Crippen LogP) is 2.74. The van der Waals surface area contributed by atoms with Crippen molar-refractivity contribution < 1.29 is 14.3 Å². The highest BCUT2D eigenvalue weighted by atomic mass is 79.9. The van der Waals surface area contributed by atoms with E-state index < -0.39 is 0 Å². The Morgan fingerprint density at radius 1 is 1.37 bits per heavy atom. The van der Waals surface area contributed by atoms with Crippen molar-refractivity contribution in [1.29, 1.82) is 0 Å². The molecule has 4 nitrogen and oxygen atoms in total. The van der Waals surface area contributed by atoms with Crippen LogP contribution in [0.1, 0.15) is 19.4 Å². The first-order chi connectivity index (χ1) is 8.99. The summed E-state index contributed by atoms with van der Waals surface area (Å²) in [4.78, 5) is 11.7. The lowest BCUT2D eigenvalue weighted by Gasteiger charge is -2.20. The van der Waals surface area contributed by atoms with Crippen molar-refractivity contribution in [1.82, 2.24) is 5.32 Å². The molecule has 5 heteroatoms. The van der Waals surface area contributed by atoms with Crippen LogP contribution in [0.4, 0.5) is 0 Å². The molecule has 19 heavy (non-hydrogen) atoms. The number of ether oxygens (including phenoxy) is 2. The van der Waals surface area contributed by atoms with E-state index in [9.17, 15) is 4.79 Å². The molecule has 0 aliphatic heterocycles. The Hall–Kier alpha value is -1.07. The van der Waals surface area contributed by atoms with E-state index >= 15 is 0 Å². The van der Waals surface area contributed by atoms with Crippen LogP contribution in [0.5, 0.6) is 5.75 Å². The molecular weight excluding hydrogens is 310 g/mol. The number of methoxy groups -OCH3 is 2. The Labute approximate surface area is 122 Å². The predicted molar refractivity (Wildman–Crippen MR) is 78.2 cm³/mol. The summed E-state index contributed by atoms with van der Waals surface area (Å²) in [5.74, 6) is 0.706. The van der Waals surface area contributed by atoms with E-state index in [0.717, 1.165) is 15.8 Å². The fourth-order valence-corrected chi connectivity index (χ4v) is 2.23. The topological polar surface area (TPSA) is 47.6 Å². The average Bonchev–Trinajstić information content (AvgIpc) is 2.38. The molecule has 0 unspecified atom stereocenters. The minimum Gasteiger partial charge on any atom is -0.496 e. The summed E-state index contributed by atoms with van der Waals surface area (Å²) >= 11 is 3.43. The maximum Gasteiger partial charge on any atom is 0.323 e. The summed E-state index contributed by atoms with van der Waals surface area (Å²) in [6.45, 7) is 4.50. The number of esters is 1. The molecular formula is C14H20BrNO3. The molecule has 1 aromatic carbocycles. The fraction of sp³-hybridized carbons (Fsp3) is 0.500. The van der Waals surface area contributed by atoms with E-state index in [2.05, 4.69) is 21.2 Å². The molecule has 0 aromatic heterocycles. The van der Waals surface area contributed by atoms with Gasteiger partial charge < -0.3 is 9.47 Å². The van der Waals surface area contributed by atoms with Crippen LogP contribution >= 0.6 is 15.9 Å². The number of hydrogen-bond donors (Lipinski definition) is 1. The normalized spacial score (nSPS) is 12.3. The number of hydrogen-bond acceptors (Lipinski definition) is 4. The molecule has 1 aromatic rings. The summed E-state index contributed by atoms with van der Waals surface area (Å²) in [5, 5.41) is 3.21. The fourth-order valence-electron chi connectivity index (χ4n) is 1.82. The third-order valence-corrected chi connectivity index (χ3v) is 3.37. The molecule has 0 amide bonds. The first-order valence-corrected chi connectivity index (χ1v) is 6.92. The summed E-state index contributed by atoms with van der Waals surface area (Å²) < 4.78 is 11.1. The molecule has 0 saturated carbocycles. The van der Waals surface area contributed by atoms with Gasteiger partial charge in [-0.1, -0.05) is 29.8 Å². The second-order valence-corrected chi connectivity index (χ2v) is 5.50. The SMILES string of the molecule is COC(=O)[C@@H](NCc1cc(Br)ccc1OC)C(C)C. The minimum atomic E-state index is -0.325. The second-order valence-electron chi connectivity index (χ2n) is 4.58. The lowest BCUT2D eigenvalue weighted by molar-refractivity contribution is -0.144. The van der Waals surface area contributed by atoms with Crippen LogP contribution in [0.3, 0.4) is 0 Å². The highest BCUT2D eigenvalue weighted by Gasteiger charge is 2.22. The second kappa shape index (κ2) is 7.50. The van der Waals surface area contributed by atoms with Crippen molar-refractivity contribution in [2.45, 2.75) is 26.4 Å². The third-order valence-electron chi connectivity index (χ3n) is 2.88. The van der Waals surface area contributed by atoms with Crippen LogP contribution in [0.15, 0.2) is 22.7 Å². The van der Waals surface area contributed by atoms with Gasteiger partial charge in [0.25, 0.3) is 0 Å². The zero-order valence-corrected chi connectivity index (χ0v) is 13.3. The monoisotopic (exact) mass is 329 g/mol. The van der Waals surface area contributed by atoms with Gasteiger partial charge in [-0.05, 0) is 24.1 Å². The Kier molecular flexibility index (Phi) is 6.31. The Morgan fingerprint density at radius 3 is 2.58 bits per heavy atom. The van der Waals surface area contributed by atoms with Crippen LogP contribution in [0, 0.1) is 5.92 Å². The van der Waals surface area contributed by atoms with Crippen molar-refractivity contribution >= 4 is 21.9 Å². The number of nitrogens with one attached hydrogen (secondary N) is 1. The molecule has 1 N–H and O–H groups in total. The molecule has 0 spiro atoms. The van der Waals surface area contributed by atoms with Gasteiger partial charge in [0.2, 0.25) is 0 Å². The van der Waals surface area contributed by atoms with Crippen LogP contribution in [0.25, 0.3) is 0 Å². The summed E-state index contributed by atoms with van der Waals surface area (Å²) in [7, 11) is 3.03. The van der Waals surface area contributed by atoms with Crippen LogP contribution in [0.2, 0.25) is 0 Å². The molecule has 0 aliphatic carbocycles. The van der Waals surface area contributed by atoms with Crippen LogP contribution < -0.4 is 10.1 Å². The van der Waals surface area contributed by atoms with E-state index in [-0.39, 0.29) is 17.9 Å². The van der Waals surface area contributed by atoms with Gasteiger partial charge in [-0.15, -0.1) is 0 Å². The summed E-state index contributed by atoms with van der Waals surface area (Å²) in [6.07, 6.45) is 0. The van der Waals surface area contributed by atoms with Gasteiger partial charge in [-0.3, -0.25) is 10.1 Å². The van der Waals surface area contributed by atoms with E-state index in [4.69, 9.17) is 9.47 Å². The quantitative estimate of drug-likeness (QED) is 0.815. The van der Waals surface area contributed by atoms with E-state index in [0.29, 0.717) is 6.54 Å². The highest BCUT2D eigenvalue weighted by molar-refractivity contribution is 9.10. The number of carbonyl (C=O) groups excluding carboxylic acids is 1. The molecule has 1 rings (SSSR count). The number of benzene rings is 1. The minimum absolute atomic E-state index is 0.158. The maximum atomic E-state index is 11.7. The van der Waals surface area contributed by atoms with Gasteiger partial charge in [0.15, 0.2) is 0 Å². The van der Waals surface area contributed by atoms with Crippen molar-refractivity contribution in [2.75, 3.05) is 14.2 Å². The smallest absolute Gasteiger partial charge is 0.323 e. The molecule has 0 heterocycles. The van der Waals surface area contributed by atoms with Crippen molar-refractivity contribution in [2.24, 2.45) is 5.92 Å². The molecule has 0 aliphatic rings. The van der Waals surface area contributed by atoms with Crippen molar-refractivity contribution in [3.8, 4) is 5.75 Å². The average molecular weight is 330 g/mol. The van der Waals surface area contributed by atoms with Gasteiger partial charge in [0.1, 0.15) is 11.8 Å². The zero-order chi connectivity index (χ0) is 14.4. The van der Waals surface area contributed by atoms with Crippen molar-refractivity contribution in [3.63, 3.8) is 0 Å². The van der Waals surface area contributed by atoms with Crippen LogP contribution in [-0.2, 0) is 16.1 Å². The highest BCUT2D eigenvalue weighted by Crippen LogP contribution is 2.23. The molecule has 0 radical (unpaired) electrons. The van der Waals surface area contributed by atoms with E-state index in [1.54, 1.807) is 7.11 Å². The summed E-state index contributed by atoms with van der Waals surface area (Å²) in [5.41, 5.74) is 0.992. The lowest BCUT2D eigenvalue weighted by Crippen LogP contribution is -2.41. The van der Waals surface area contributed by atoms with Gasteiger partial charge in [-0.2, -0.15) is 0 Å². The maximum absolute atomic E-state index is 11.7. The molecule has 0 bridgehead atoms. The van der Waals surface area contributed by atoms with E-state index in [1.807, 2.05) is 32.0 Å². The van der Waals surface area contributed by atoms with Crippen molar-refractivity contribution in [3.05, 3.63) is 28.2 Å². The molecule has 0 fully saturated rings. The third kappa shape index (κ3) is 4.51. The number of halogens is 1. The lowest BCUT2D eigenvalue weighted by atomic mass is 10.0. The first kappa shape index (κ1) is 16.0. The standard InChI is InChI=1S/C14H20BrNO3/c1-9(2)13(14(17)19-4)16-8-10-7-11(15)5-6-12(10)18-3/h5-7,9,13,16H,8H2,1-4H3/t13-/m0/s1. The molecule has 0 saturated heterocycles. The van der Waals surface area contributed by atoms with Gasteiger partial charge in [0.05, 0.1) is 14.2 Å². The Morgan fingerprint density at radius 2 is 2.05 bits per heavy atom.